The van der Waals surface area contributed by atoms with Gasteiger partial charge in [-0.05, 0) is 83.5 Å². The van der Waals surface area contributed by atoms with Gasteiger partial charge in [-0.15, -0.1) is 0 Å². The third-order valence-electron chi connectivity index (χ3n) is 13.4. The Morgan fingerprint density at radius 2 is 0.758 bits per heavy atom. The minimum absolute atomic E-state index is 0.0432. The molecule has 0 fully saturated rings. The number of aliphatic hydroxyl groups is 2. The molecule has 0 radical (unpaired) electrons. The van der Waals surface area contributed by atoms with Gasteiger partial charge in [-0.2, -0.15) is 0 Å². The van der Waals surface area contributed by atoms with Gasteiger partial charge in [0.25, 0.3) is 0 Å². The third-order valence-corrected chi connectivity index (χ3v) is 13.4. The van der Waals surface area contributed by atoms with Crippen LogP contribution in [0, 0.1) is 0 Å². The molecular formula is C60H113NO5. The molecule has 0 bridgehead atoms. The van der Waals surface area contributed by atoms with Crippen molar-refractivity contribution in [2.24, 2.45) is 0 Å². The lowest BCUT2D eigenvalue weighted by Gasteiger charge is -2.22. The lowest BCUT2D eigenvalue weighted by atomic mass is 10.0. The van der Waals surface area contributed by atoms with E-state index in [0.717, 1.165) is 83.5 Å². The van der Waals surface area contributed by atoms with Crippen LogP contribution in [-0.2, 0) is 14.3 Å². The molecule has 0 saturated heterocycles. The summed E-state index contributed by atoms with van der Waals surface area (Å²) in [4.78, 5) is 24.6. The smallest absolute Gasteiger partial charge is 0.305 e. The zero-order valence-corrected chi connectivity index (χ0v) is 44.2. The van der Waals surface area contributed by atoms with Gasteiger partial charge in [0, 0.05) is 12.8 Å². The van der Waals surface area contributed by atoms with Crippen molar-refractivity contribution in [1.29, 1.82) is 0 Å². The van der Waals surface area contributed by atoms with Crippen LogP contribution in [0.3, 0.4) is 0 Å². The Morgan fingerprint density at radius 1 is 0.424 bits per heavy atom. The number of carbonyl (C=O) groups is 2. The number of ether oxygens (including phenoxy) is 1. The second-order valence-electron chi connectivity index (χ2n) is 20.0. The molecule has 0 aliphatic heterocycles. The highest BCUT2D eigenvalue weighted by atomic mass is 16.5. The maximum atomic E-state index is 12.5. The fourth-order valence-electron chi connectivity index (χ4n) is 8.90. The van der Waals surface area contributed by atoms with Crippen molar-refractivity contribution in [2.75, 3.05) is 13.2 Å². The summed E-state index contributed by atoms with van der Waals surface area (Å²) in [6.07, 6.45) is 68.5. The van der Waals surface area contributed by atoms with Crippen LogP contribution in [0.15, 0.2) is 36.5 Å². The van der Waals surface area contributed by atoms with Crippen molar-refractivity contribution in [3.63, 3.8) is 0 Å². The van der Waals surface area contributed by atoms with Gasteiger partial charge in [0.15, 0.2) is 0 Å². The highest BCUT2D eigenvalue weighted by molar-refractivity contribution is 5.76. The van der Waals surface area contributed by atoms with Gasteiger partial charge < -0.3 is 20.3 Å². The standard InChI is InChI=1S/C60H113NO5/c1-3-5-7-9-11-13-15-17-19-21-23-24-25-26-28-30-32-36-40-44-48-52-58(63)57(56-62)61-59(64)53-49-45-41-37-34-35-39-43-47-51-55-66-60(65)54-50-46-42-38-33-31-29-27-22-20-18-16-14-12-10-8-6-4-2/h14,16,20,22,35,39,57-58,62-63H,3-13,15,17-19,21,23-34,36-38,40-56H2,1-2H3,(H,61,64)/b16-14-,22-20-,39-35-. The quantitative estimate of drug-likeness (QED) is 0.0321. The zero-order chi connectivity index (χ0) is 47.9. The first-order chi connectivity index (χ1) is 32.5. The Kier molecular flexibility index (Phi) is 54.1. The zero-order valence-electron chi connectivity index (χ0n) is 44.2. The largest absolute Gasteiger partial charge is 0.466 e. The SMILES string of the molecule is CCCCCC/C=C\C/C=C\CCCCCCCCCC(=O)OCCCC/C=C\CCCCCCC(=O)NC(CO)C(O)CCCCCCCCCCCCCCCCCCCCCCC. The monoisotopic (exact) mass is 928 g/mol. The average Bonchev–Trinajstić information content (AvgIpc) is 3.32. The topological polar surface area (TPSA) is 95.9 Å². The number of amides is 1. The molecule has 0 aliphatic carbocycles. The maximum Gasteiger partial charge on any atom is 0.305 e. The van der Waals surface area contributed by atoms with Gasteiger partial charge in [0.05, 0.1) is 25.4 Å². The van der Waals surface area contributed by atoms with E-state index in [0.29, 0.717) is 25.9 Å². The molecule has 2 unspecified atom stereocenters. The summed E-state index contributed by atoms with van der Waals surface area (Å²) in [6, 6.07) is -0.569. The van der Waals surface area contributed by atoms with Crippen LogP contribution in [0.4, 0.5) is 0 Å². The summed E-state index contributed by atoms with van der Waals surface area (Å²) in [5.41, 5.74) is 0. The summed E-state index contributed by atoms with van der Waals surface area (Å²) >= 11 is 0. The number of nitrogens with one attached hydrogen (secondary N) is 1. The van der Waals surface area contributed by atoms with E-state index in [-0.39, 0.29) is 18.5 Å². The molecule has 2 atom stereocenters. The molecule has 0 aromatic carbocycles. The van der Waals surface area contributed by atoms with Crippen LogP contribution in [-0.4, -0.2) is 47.4 Å². The Hall–Kier alpha value is -1.92. The number of rotatable bonds is 54. The summed E-state index contributed by atoms with van der Waals surface area (Å²) < 4.78 is 5.45. The molecule has 0 aliphatic rings. The van der Waals surface area contributed by atoms with Crippen LogP contribution in [0.1, 0.15) is 309 Å². The van der Waals surface area contributed by atoms with E-state index in [2.05, 4.69) is 55.6 Å². The molecule has 6 heteroatoms. The Labute approximate surface area is 411 Å². The van der Waals surface area contributed by atoms with Crippen LogP contribution in [0.5, 0.6) is 0 Å². The maximum absolute atomic E-state index is 12.5. The Balaban J connectivity index is 3.51. The van der Waals surface area contributed by atoms with E-state index in [4.69, 9.17) is 4.74 Å². The predicted molar refractivity (Wildman–Crippen MR) is 287 cm³/mol. The molecule has 0 aromatic rings. The van der Waals surface area contributed by atoms with Gasteiger partial charge in [-0.1, -0.05) is 249 Å². The molecule has 0 spiro atoms. The first-order valence-electron chi connectivity index (χ1n) is 29.2. The Morgan fingerprint density at radius 3 is 1.18 bits per heavy atom. The molecule has 0 rings (SSSR count). The first kappa shape index (κ1) is 64.1. The second kappa shape index (κ2) is 55.7. The van der Waals surface area contributed by atoms with Gasteiger partial charge in [0.2, 0.25) is 5.91 Å². The molecule has 3 N–H and O–H groups in total. The number of carbonyl (C=O) groups excluding carboxylic acids is 2. The summed E-state index contributed by atoms with van der Waals surface area (Å²) in [5.74, 6) is -0.113. The highest BCUT2D eigenvalue weighted by Gasteiger charge is 2.20. The predicted octanol–water partition coefficient (Wildman–Crippen LogP) is 18.0. The molecule has 388 valence electrons. The van der Waals surface area contributed by atoms with Crippen molar-refractivity contribution in [3.05, 3.63) is 36.5 Å². The van der Waals surface area contributed by atoms with Crippen molar-refractivity contribution < 1.29 is 24.5 Å². The van der Waals surface area contributed by atoms with E-state index in [1.165, 1.54) is 193 Å². The minimum atomic E-state index is -0.688. The van der Waals surface area contributed by atoms with Crippen LogP contribution in [0.25, 0.3) is 0 Å². The van der Waals surface area contributed by atoms with Crippen molar-refractivity contribution in [1.82, 2.24) is 5.32 Å². The van der Waals surface area contributed by atoms with Crippen LogP contribution in [0.2, 0.25) is 0 Å². The molecule has 0 heterocycles. The molecule has 0 saturated carbocycles. The van der Waals surface area contributed by atoms with E-state index >= 15 is 0 Å². The van der Waals surface area contributed by atoms with Crippen LogP contribution < -0.4 is 5.32 Å². The van der Waals surface area contributed by atoms with Gasteiger partial charge >= 0.3 is 5.97 Å². The number of hydrogen-bond acceptors (Lipinski definition) is 5. The number of esters is 1. The molecule has 1 amide bonds. The average molecular weight is 929 g/mol. The van der Waals surface area contributed by atoms with Crippen molar-refractivity contribution in [3.8, 4) is 0 Å². The molecule has 6 nitrogen and oxygen atoms in total. The molecule has 66 heavy (non-hydrogen) atoms. The lowest BCUT2D eigenvalue weighted by Crippen LogP contribution is -2.45. The van der Waals surface area contributed by atoms with E-state index in [1.54, 1.807) is 0 Å². The van der Waals surface area contributed by atoms with Crippen LogP contribution >= 0.6 is 0 Å². The highest BCUT2D eigenvalue weighted by Crippen LogP contribution is 2.17. The molecule has 0 aromatic heterocycles. The number of allylic oxidation sites excluding steroid dienone is 6. The van der Waals surface area contributed by atoms with Crippen molar-refractivity contribution >= 4 is 11.9 Å². The number of hydrogen-bond donors (Lipinski definition) is 3. The summed E-state index contributed by atoms with van der Waals surface area (Å²) in [5, 5.41) is 23.3. The fourth-order valence-corrected chi connectivity index (χ4v) is 8.90. The van der Waals surface area contributed by atoms with Gasteiger partial charge in [0.1, 0.15) is 0 Å². The number of unbranched alkanes of at least 4 members (excludes halogenated alkanes) is 37. The van der Waals surface area contributed by atoms with Gasteiger partial charge in [-0.25, -0.2) is 0 Å². The van der Waals surface area contributed by atoms with E-state index in [1.807, 2.05) is 0 Å². The minimum Gasteiger partial charge on any atom is -0.466 e. The fraction of sp³-hybridized carbons (Fsp3) is 0.867. The summed E-state index contributed by atoms with van der Waals surface area (Å²) in [7, 11) is 0. The summed E-state index contributed by atoms with van der Waals surface area (Å²) in [6.45, 7) is 4.86. The van der Waals surface area contributed by atoms with Crippen molar-refractivity contribution in [2.45, 2.75) is 321 Å². The normalized spacial score (nSPS) is 12.8. The lowest BCUT2D eigenvalue weighted by molar-refractivity contribution is -0.143. The Bertz CT molecular complexity index is 1070. The second-order valence-corrected chi connectivity index (χ2v) is 20.0. The first-order valence-corrected chi connectivity index (χ1v) is 29.2. The van der Waals surface area contributed by atoms with E-state index in [9.17, 15) is 19.8 Å². The molecular weight excluding hydrogens is 815 g/mol. The third kappa shape index (κ3) is 51.5. The van der Waals surface area contributed by atoms with Gasteiger partial charge in [-0.3, -0.25) is 9.59 Å². The number of aliphatic hydroxyl groups excluding tert-OH is 2. The van der Waals surface area contributed by atoms with E-state index < -0.39 is 12.1 Å².